The van der Waals surface area contributed by atoms with Crippen LogP contribution in [-0.2, 0) is 4.79 Å². The molecular formula is C24H19NO7S. The average molecular weight is 465 g/mol. The molecule has 2 heterocycles. The Morgan fingerprint density at radius 2 is 1.82 bits per heavy atom. The Kier molecular flexibility index (Phi) is 5.89. The van der Waals surface area contributed by atoms with E-state index < -0.39 is 29.5 Å². The van der Waals surface area contributed by atoms with E-state index in [1.807, 2.05) is 0 Å². The topological polar surface area (TPSA) is 113 Å². The highest BCUT2D eigenvalue weighted by atomic mass is 32.1. The number of anilines is 1. The summed E-state index contributed by atoms with van der Waals surface area (Å²) in [4.78, 5) is 39.7. The van der Waals surface area contributed by atoms with Crippen LogP contribution in [0.25, 0.3) is 0 Å². The van der Waals surface area contributed by atoms with Gasteiger partial charge in [0.25, 0.3) is 5.91 Å². The van der Waals surface area contributed by atoms with Gasteiger partial charge in [0.15, 0.2) is 5.76 Å². The summed E-state index contributed by atoms with van der Waals surface area (Å²) in [6.07, 6.45) is 0. The van der Waals surface area contributed by atoms with Crippen LogP contribution >= 0.6 is 11.3 Å². The van der Waals surface area contributed by atoms with Gasteiger partial charge in [-0.1, -0.05) is 12.1 Å². The van der Waals surface area contributed by atoms with Crippen molar-refractivity contribution in [3.63, 3.8) is 0 Å². The second-order valence-corrected chi connectivity index (χ2v) is 8.06. The number of carboxylic acids is 1. The molecule has 33 heavy (non-hydrogen) atoms. The number of ether oxygens (including phenoxy) is 2. The molecule has 0 radical (unpaired) electrons. The summed E-state index contributed by atoms with van der Waals surface area (Å²) in [5, 5.41) is 22.0. The van der Waals surface area contributed by atoms with Crippen molar-refractivity contribution in [3.8, 4) is 11.5 Å². The van der Waals surface area contributed by atoms with E-state index in [0.29, 0.717) is 21.9 Å². The van der Waals surface area contributed by atoms with Crippen LogP contribution in [0.3, 0.4) is 0 Å². The Morgan fingerprint density at radius 3 is 2.45 bits per heavy atom. The zero-order chi connectivity index (χ0) is 23.7. The molecular weight excluding hydrogens is 446 g/mol. The van der Waals surface area contributed by atoms with E-state index in [1.54, 1.807) is 41.8 Å². The van der Waals surface area contributed by atoms with Gasteiger partial charge in [-0.25, -0.2) is 4.79 Å². The molecule has 1 unspecified atom stereocenters. The lowest BCUT2D eigenvalue weighted by molar-refractivity contribution is -0.117. The van der Waals surface area contributed by atoms with Gasteiger partial charge in [0.2, 0.25) is 5.78 Å². The summed E-state index contributed by atoms with van der Waals surface area (Å²) in [5.74, 6) is -2.36. The number of rotatable bonds is 7. The Balaban J connectivity index is 1.94. The maximum Gasteiger partial charge on any atom is 0.335 e. The minimum absolute atomic E-state index is 0.0433. The van der Waals surface area contributed by atoms with Gasteiger partial charge in [0, 0.05) is 17.3 Å². The standard InChI is InChI=1S/C24H19NO7S/c1-31-15-8-9-16(17(12-15)32-2)20-19(21(26)18-7-4-10-33-18)22(27)23(28)25(20)14-6-3-5-13(11-14)24(29)30/h3-12,20,27H,1-2H3,(H,29,30). The molecule has 2 aromatic carbocycles. The molecule has 3 aromatic rings. The number of carbonyl (C=O) groups is 3. The molecule has 0 aliphatic carbocycles. The molecule has 0 fully saturated rings. The predicted octanol–water partition coefficient (Wildman–Crippen LogP) is 4.25. The molecule has 0 saturated carbocycles. The van der Waals surface area contributed by atoms with Crippen molar-refractivity contribution in [2.75, 3.05) is 19.1 Å². The van der Waals surface area contributed by atoms with E-state index >= 15 is 0 Å². The van der Waals surface area contributed by atoms with Crippen LogP contribution in [0.5, 0.6) is 11.5 Å². The Hall–Kier alpha value is -4.11. The number of thiophene rings is 1. The molecule has 0 bridgehead atoms. The minimum Gasteiger partial charge on any atom is -0.503 e. The van der Waals surface area contributed by atoms with Crippen molar-refractivity contribution in [1.29, 1.82) is 0 Å². The molecule has 4 rings (SSSR count). The Morgan fingerprint density at radius 1 is 1.03 bits per heavy atom. The number of ketones is 1. The van der Waals surface area contributed by atoms with Gasteiger partial charge in [-0.15, -0.1) is 11.3 Å². The first kappa shape index (κ1) is 22.1. The fraction of sp³-hybridized carbons (Fsp3) is 0.125. The molecule has 9 heteroatoms. The van der Waals surface area contributed by atoms with E-state index in [9.17, 15) is 24.6 Å². The van der Waals surface area contributed by atoms with Gasteiger partial charge in [0.1, 0.15) is 11.5 Å². The van der Waals surface area contributed by atoms with E-state index in [-0.39, 0.29) is 16.8 Å². The first-order valence-corrected chi connectivity index (χ1v) is 10.7. The number of nitrogens with zero attached hydrogens (tertiary/aromatic N) is 1. The summed E-state index contributed by atoms with van der Waals surface area (Å²) < 4.78 is 10.8. The first-order valence-electron chi connectivity index (χ1n) is 9.77. The molecule has 168 valence electrons. The number of hydrogen-bond donors (Lipinski definition) is 2. The maximum atomic E-state index is 13.4. The highest BCUT2D eigenvalue weighted by Crippen LogP contribution is 2.45. The molecule has 0 saturated heterocycles. The molecule has 2 N–H and O–H groups in total. The number of Topliss-reactive ketones (excluding diaryl/α,β-unsaturated/α-hetero) is 1. The van der Waals surface area contributed by atoms with Crippen LogP contribution in [0.1, 0.15) is 31.6 Å². The number of methoxy groups -OCH3 is 2. The van der Waals surface area contributed by atoms with Gasteiger partial charge < -0.3 is 19.7 Å². The first-order chi connectivity index (χ1) is 15.9. The zero-order valence-electron chi connectivity index (χ0n) is 17.6. The molecule has 0 spiro atoms. The smallest absolute Gasteiger partial charge is 0.335 e. The van der Waals surface area contributed by atoms with Crippen molar-refractivity contribution in [2.45, 2.75) is 6.04 Å². The van der Waals surface area contributed by atoms with Crippen LogP contribution in [0.2, 0.25) is 0 Å². The third-order valence-electron chi connectivity index (χ3n) is 5.30. The van der Waals surface area contributed by atoms with Crippen molar-refractivity contribution in [2.24, 2.45) is 0 Å². The third kappa shape index (κ3) is 3.83. The fourth-order valence-electron chi connectivity index (χ4n) is 3.77. The quantitative estimate of drug-likeness (QED) is 0.502. The van der Waals surface area contributed by atoms with Crippen LogP contribution in [-0.4, -0.2) is 42.1 Å². The summed E-state index contributed by atoms with van der Waals surface area (Å²) >= 11 is 1.18. The average Bonchev–Trinajstić information content (AvgIpc) is 3.45. The maximum absolute atomic E-state index is 13.4. The highest BCUT2D eigenvalue weighted by molar-refractivity contribution is 7.12. The number of hydrogen-bond acceptors (Lipinski definition) is 7. The zero-order valence-corrected chi connectivity index (χ0v) is 18.5. The van der Waals surface area contributed by atoms with Crippen LogP contribution in [0.15, 0.2) is 71.3 Å². The summed E-state index contributed by atoms with van der Waals surface area (Å²) in [6.45, 7) is 0. The molecule has 1 aromatic heterocycles. The lowest BCUT2D eigenvalue weighted by Crippen LogP contribution is -2.31. The van der Waals surface area contributed by atoms with Crippen LogP contribution in [0.4, 0.5) is 5.69 Å². The fourth-order valence-corrected chi connectivity index (χ4v) is 4.45. The lowest BCUT2D eigenvalue weighted by atomic mass is 9.94. The minimum atomic E-state index is -1.17. The van der Waals surface area contributed by atoms with Crippen LogP contribution < -0.4 is 14.4 Å². The largest absolute Gasteiger partial charge is 0.503 e. The Bertz CT molecular complexity index is 1280. The van der Waals surface area contributed by atoms with E-state index in [0.717, 1.165) is 0 Å². The van der Waals surface area contributed by atoms with E-state index in [2.05, 4.69) is 0 Å². The summed E-state index contributed by atoms with van der Waals surface area (Å²) in [6, 6.07) is 12.9. The lowest BCUT2D eigenvalue weighted by Gasteiger charge is -2.28. The van der Waals surface area contributed by atoms with Gasteiger partial charge in [0.05, 0.1) is 36.3 Å². The summed E-state index contributed by atoms with van der Waals surface area (Å²) in [7, 11) is 2.93. The molecule has 1 atom stereocenters. The van der Waals surface area contributed by atoms with Gasteiger partial charge in [-0.05, 0) is 41.8 Å². The van der Waals surface area contributed by atoms with Gasteiger partial charge in [-0.3, -0.25) is 14.5 Å². The van der Waals surface area contributed by atoms with E-state index in [1.165, 1.54) is 48.7 Å². The number of carboxylic acid groups (broad SMARTS) is 1. The number of carbonyl (C=O) groups excluding carboxylic acids is 2. The number of benzene rings is 2. The normalized spacial score (nSPS) is 15.6. The number of aromatic carboxylic acids is 1. The number of aliphatic hydroxyl groups excluding tert-OH is 1. The molecule has 8 nitrogen and oxygen atoms in total. The highest BCUT2D eigenvalue weighted by Gasteiger charge is 2.46. The molecule has 1 aliphatic rings. The van der Waals surface area contributed by atoms with Crippen LogP contribution in [0, 0.1) is 0 Å². The third-order valence-corrected chi connectivity index (χ3v) is 6.17. The van der Waals surface area contributed by atoms with Gasteiger partial charge in [-0.2, -0.15) is 0 Å². The summed E-state index contributed by atoms with van der Waals surface area (Å²) in [5.41, 5.74) is 0.476. The van der Waals surface area contributed by atoms with Crippen molar-refractivity contribution >= 4 is 34.7 Å². The van der Waals surface area contributed by atoms with Crippen molar-refractivity contribution < 1.29 is 34.1 Å². The number of aliphatic hydroxyl groups is 1. The molecule has 1 amide bonds. The molecule has 1 aliphatic heterocycles. The SMILES string of the molecule is COc1ccc(C2C(C(=O)c3cccs3)=C(O)C(=O)N2c2cccc(C(=O)O)c2)c(OC)c1. The van der Waals surface area contributed by atoms with E-state index in [4.69, 9.17) is 9.47 Å². The second-order valence-electron chi connectivity index (χ2n) is 7.11. The Labute approximate surface area is 192 Å². The second kappa shape index (κ2) is 8.79. The van der Waals surface area contributed by atoms with Crippen molar-refractivity contribution in [3.05, 3.63) is 87.3 Å². The monoisotopic (exact) mass is 465 g/mol. The predicted molar refractivity (Wildman–Crippen MR) is 121 cm³/mol. The van der Waals surface area contributed by atoms with Crippen molar-refractivity contribution in [1.82, 2.24) is 0 Å². The van der Waals surface area contributed by atoms with Gasteiger partial charge >= 0.3 is 5.97 Å². The number of amides is 1.